The van der Waals surface area contributed by atoms with Crippen molar-refractivity contribution in [3.05, 3.63) is 0 Å². The molecule has 0 rings (SSSR count). The van der Waals surface area contributed by atoms with Gasteiger partial charge in [-0.25, -0.2) is 0 Å². The molecular formula is C14H24N4O8S. The summed E-state index contributed by atoms with van der Waals surface area (Å²) in [6, 6.07) is -5.42. The van der Waals surface area contributed by atoms with Crippen molar-refractivity contribution < 1.29 is 39.3 Å². The molecule has 0 bridgehead atoms. The summed E-state index contributed by atoms with van der Waals surface area (Å²) in [5, 5.41) is 33.6. The first-order valence-electron chi connectivity index (χ1n) is 7.80. The Kier molecular flexibility index (Phi) is 10.4. The van der Waals surface area contributed by atoms with Gasteiger partial charge in [-0.2, -0.15) is 12.6 Å². The lowest BCUT2D eigenvalue weighted by Gasteiger charge is -2.25. The van der Waals surface area contributed by atoms with E-state index in [1.54, 1.807) is 0 Å². The van der Waals surface area contributed by atoms with Gasteiger partial charge >= 0.3 is 11.9 Å². The van der Waals surface area contributed by atoms with E-state index < -0.39 is 66.4 Å². The van der Waals surface area contributed by atoms with Crippen LogP contribution in [0, 0.1) is 0 Å². The van der Waals surface area contributed by atoms with E-state index in [9.17, 15) is 29.1 Å². The number of nitrogens with one attached hydrogen (secondary N) is 3. The fraction of sp³-hybridized carbons (Fsp3) is 0.643. The highest BCUT2D eigenvalue weighted by Crippen LogP contribution is 1.99. The minimum atomic E-state index is -1.52. The van der Waals surface area contributed by atoms with Gasteiger partial charge in [0.05, 0.1) is 18.6 Å². The summed E-state index contributed by atoms with van der Waals surface area (Å²) < 4.78 is 0. The Morgan fingerprint density at radius 2 is 1.52 bits per heavy atom. The molecule has 0 aliphatic heterocycles. The molecule has 12 nitrogen and oxygen atoms in total. The highest BCUT2D eigenvalue weighted by atomic mass is 32.1. The molecule has 8 N–H and O–H groups in total. The maximum absolute atomic E-state index is 12.3. The zero-order valence-electron chi connectivity index (χ0n) is 14.7. The van der Waals surface area contributed by atoms with Crippen LogP contribution in [-0.4, -0.2) is 81.0 Å². The number of hydrogen-bond acceptors (Lipinski definition) is 8. The van der Waals surface area contributed by atoms with Crippen LogP contribution >= 0.6 is 12.6 Å². The summed E-state index contributed by atoms with van der Waals surface area (Å²) in [5.41, 5.74) is 5.39. The van der Waals surface area contributed by atoms with Gasteiger partial charge in [-0.3, -0.25) is 24.0 Å². The number of amides is 3. The number of thiol groups is 1. The van der Waals surface area contributed by atoms with E-state index in [1.165, 1.54) is 13.8 Å². The summed E-state index contributed by atoms with van der Waals surface area (Å²) in [7, 11) is 0. The first-order chi connectivity index (χ1) is 12.4. The van der Waals surface area contributed by atoms with Crippen LogP contribution in [0.3, 0.4) is 0 Å². The summed E-state index contributed by atoms with van der Waals surface area (Å²) >= 11 is 3.91. The van der Waals surface area contributed by atoms with E-state index in [0.29, 0.717) is 0 Å². The molecule has 0 aliphatic carbocycles. The fourth-order valence-corrected chi connectivity index (χ4v) is 2.03. The number of nitrogens with two attached hydrogens (primary N) is 1. The third-order valence-electron chi connectivity index (χ3n) is 3.34. The Hall–Kier alpha value is -2.38. The SMILES string of the molecule is CC(NC(=O)C(CS)NC(=O)C(NC(=O)C(N)CC(=O)O)C(C)O)C(=O)O. The van der Waals surface area contributed by atoms with Gasteiger partial charge in [0.2, 0.25) is 17.7 Å². The third-order valence-corrected chi connectivity index (χ3v) is 3.70. The van der Waals surface area contributed by atoms with Gasteiger partial charge in [-0.1, -0.05) is 0 Å². The molecule has 27 heavy (non-hydrogen) atoms. The smallest absolute Gasteiger partial charge is 0.325 e. The van der Waals surface area contributed by atoms with E-state index in [1.807, 2.05) is 0 Å². The second-order valence-electron chi connectivity index (χ2n) is 5.74. The molecule has 154 valence electrons. The molecule has 0 saturated heterocycles. The van der Waals surface area contributed by atoms with Gasteiger partial charge in [0.1, 0.15) is 18.1 Å². The lowest BCUT2D eigenvalue weighted by atomic mass is 10.1. The molecule has 5 atom stereocenters. The number of carboxylic acid groups (broad SMARTS) is 2. The Bertz CT molecular complexity index is 585. The van der Waals surface area contributed by atoms with Crippen molar-refractivity contribution >= 4 is 42.3 Å². The van der Waals surface area contributed by atoms with Gasteiger partial charge < -0.3 is 37.0 Å². The lowest BCUT2D eigenvalue weighted by molar-refractivity contribution is -0.141. The van der Waals surface area contributed by atoms with Crippen molar-refractivity contribution in [2.45, 2.75) is 50.5 Å². The molecule has 0 aromatic heterocycles. The van der Waals surface area contributed by atoms with E-state index in [2.05, 4.69) is 28.6 Å². The molecule has 0 fully saturated rings. The van der Waals surface area contributed by atoms with Crippen LogP contribution in [0.5, 0.6) is 0 Å². The van der Waals surface area contributed by atoms with Crippen molar-refractivity contribution in [1.82, 2.24) is 16.0 Å². The Labute approximate surface area is 160 Å². The number of aliphatic hydroxyl groups is 1. The van der Waals surface area contributed by atoms with Gasteiger partial charge in [0.25, 0.3) is 0 Å². The minimum absolute atomic E-state index is 0.192. The van der Waals surface area contributed by atoms with Crippen LogP contribution in [0.4, 0.5) is 0 Å². The number of carboxylic acids is 2. The zero-order chi connectivity index (χ0) is 21.3. The molecule has 0 radical (unpaired) electrons. The number of carbonyl (C=O) groups excluding carboxylic acids is 3. The molecular weight excluding hydrogens is 384 g/mol. The van der Waals surface area contributed by atoms with Crippen molar-refractivity contribution in [1.29, 1.82) is 0 Å². The number of carbonyl (C=O) groups is 5. The lowest BCUT2D eigenvalue weighted by Crippen LogP contribution is -2.60. The van der Waals surface area contributed by atoms with Crippen molar-refractivity contribution in [2.24, 2.45) is 5.73 Å². The molecule has 0 aromatic carbocycles. The molecule has 0 spiro atoms. The van der Waals surface area contributed by atoms with Crippen molar-refractivity contribution in [3.8, 4) is 0 Å². The first-order valence-corrected chi connectivity index (χ1v) is 8.44. The highest BCUT2D eigenvalue weighted by Gasteiger charge is 2.31. The number of hydrogen-bond donors (Lipinski definition) is 8. The Morgan fingerprint density at radius 1 is 0.963 bits per heavy atom. The van der Waals surface area contributed by atoms with E-state index >= 15 is 0 Å². The molecule has 3 amide bonds. The van der Waals surface area contributed by atoms with Crippen LogP contribution in [-0.2, 0) is 24.0 Å². The number of rotatable bonds is 11. The first kappa shape index (κ1) is 24.6. The summed E-state index contributed by atoms with van der Waals surface area (Å²) in [4.78, 5) is 57.5. The monoisotopic (exact) mass is 408 g/mol. The van der Waals surface area contributed by atoms with E-state index in [4.69, 9.17) is 15.9 Å². The minimum Gasteiger partial charge on any atom is -0.481 e. The topological polar surface area (TPSA) is 208 Å². The Balaban J connectivity index is 5.04. The fourth-order valence-electron chi connectivity index (χ4n) is 1.78. The van der Waals surface area contributed by atoms with Crippen molar-refractivity contribution in [2.75, 3.05) is 5.75 Å². The normalized spacial score (nSPS) is 16.2. The highest BCUT2D eigenvalue weighted by molar-refractivity contribution is 7.80. The van der Waals surface area contributed by atoms with Gasteiger partial charge in [0.15, 0.2) is 0 Å². The molecule has 13 heteroatoms. The largest absolute Gasteiger partial charge is 0.481 e. The van der Waals surface area contributed by atoms with E-state index in [-0.39, 0.29) is 5.75 Å². The van der Waals surface area contributed by atoms with Crippen molar-refractivity contribution in [3.63, 3.8) is 0 Å². The number of aliphatic hydroxyl groups excluding tert-OH is 1. The second kappa shape index (κ2) is 11.4. The van der Waals surface area contributed by atoms with Gasteiger partial charge in [-0.05, 0) is 13.8 Å². The molecule has 0 aromatic rings. The standard InChI is InChI=1S/C14H24N4O8S/c1-5(14(25)26)16-12(23)8(4-27)17-13(24)10(6(2)19)18-11(22)7(15)3-9(20)21/h5-8,10,19,27H,3-4,15H2,1-2H3,(H,16,23)(H,17,24)(H,18,22)(H,20,21)(H,25,26). The predicted molar refractivity (Wildman–Crippen MR) is 94.9 cm³/mol. The van der Waals surface area contributed by atoms with Crippen LogP contribution in [0.2, 0.25) is 0 Å². The van der Waals surface area contributed by atoms with Gasteiger partial charge in [0, 0.05) is 5.75 Å². The van der Waals surface area contributed by atoms with E-state index in [0.717, 1.165) is 0 Å². The maximum Gasteiger partial charge on any atom is 0.325 e. The number of aliphatic carboxylic acids is 2. The third kappa shape index (κ3) is 8.70. The molecule has 5 unspecified atom stereocenters. The maximum atomic E-state index is 12.3. The van der Waals surface area contributed by atoms with Crippen LogP contribution in [0.25, 0.3) is 0 Å². The molecule has 0 aliphatic rings. The van der Waals surface area contributed by atoms with Gasteiger partial charge in [-0.15, -0.1) is 0 Å². The quantitative estimate of drug-likeness (QED) is 0.160. The summed E-state index contributed by atoms with van der Waals surface area (Å²) in [5.74, 6) is -5.57. The zero-order valence-corrected chi connectivity index (χ0v) is 15.6. The second-order valence-corrected chi connectivity index (χ2v) is 6.11. The Morgan fingerprint density at radius 3 is 1.93 bits per heavy atom. The average Bonchev–Trinajstić information content (AvgIpc) is 2.55. The molecule has 0 saturated carbocycles. The summed E-state index contributed by atoms with van der Waals surface area (Å²) in [6.07, 6.45) is -2.08. The average molecular weight is 408 g/mol. The van der Waals surface area contributed by atoms with Crippen LogP contribution in [0.1, 0.15) is 20.3 Å². The molecule has 0 heterocycles. The predicted octanol–water partition coefficient (Wildman–Crippen LogP) is -3.34. The van der Waals surface area contributed by atoms with Crippen LogP contribution in [0.15, 0.2) is 0 Å². The summed E-state index contributed by atoms with van der Waals surface area (Å²) in [6.45, 7) is 2.41. The van der Waals surface area contributed by atoms with Crippen LogP contribution < -0.4 is 21.7 Å².